The lowest BCUT2D eigenvalue weighted by atomic mass is 9.97. The second-order valence-corrected chi connectivity index (χ2v) is 10.8. The molecule has 1 saturated heterocycles. The van der Waals surface area contributed by atoms with Gasteiger partial charge in [-0.25, -0.2) is 12.7 Å². The highest BCUT2D eigenvalue weighted by Gasteiger charge is 2.31. The summed E-state index contributed by atoms with van der Waals surface area (Å²) >= 11 is 11.9. The van der Waals surface area contributed by atoms with Gasteiger partial charge in [0.25, 0.3) is 0 Å². The average molecular weight is 483 g/mol. The maximum absolute atomic E-state index is 12.7. The van der Waals surface area contributed by atoms with E-state index in [0.29, 0.717) is 48.1 Å². The minimum Gasteiger partial charge on any atom is -0.356 e. The van der Waals surface area contributed by atoms with E-state index in [1.165, 1.54) is 15.4 Å². The quantitative estimate of drug-likeness (QED) is 0.559. The first-order valence-corrected chi connectivity index (χ1v) is 12.9. The zero-order valence-electron chi connectivity index (χ0n) is 17.6. The first-order valence-electron chi connectivity index (χ1n) is 10.5. The highest BCUT2D eigenvalue weighted by Crippen LogP contribution is 2.26. The van der Waals surface area contributed by atoms with Gasteiger partial charge in [0.2, 0.25) is 15.9 Å². The van der Waals surface area contributed by atoms with Crippen LogP contribution >= 0.6 is 23.2 Å². The number of piperidine rings is 1. The Morgan fingerprint density at radius 1 is 1.06 bits per heavy atom. The van der Waals surface area contributed by atoms with Gasteiger partial charge < -0.3 is 5.32 Å². The number of sulfonamides is 1. The second kappa shape index (κ2) is 10.8. The molecule has 0 spiro atoms. The summed E-state index contributed by atoms with van der Waals surface area (Å²) in [5, 5.41) is 3.74. The van der Waals surface area contributed by atoms with Crippen LogP contribution in [-0.2, 0) is 27.0 Å². The first-order chi connectivity index (χ1) is 14.7. The third kappa shape index (κ3) is 6.94. The Morgan fingerprint density at radius 3 is 2.48 bits per heavy atom. The molecule has 1 aliphatic rings. The molecule has 5 nitrogen and oxygen atoms in total. The van der Waals surface area contributed by atoms with Gasteiger partial charge in [0.1, 0.15) is 0 Å². The molecular weight excluding hydrogens is 455 g/mol. The van der Waals surface area contributed by atoms with Crippen LogP contribution in [0.2, 0.25) is 10.0 Å². The van der Waals surface area contributed by atoms with Crippen LogP contribution in [0.25, 0.3) is 0 Å². The summed E-state index contributed by atoms with van der Waals surface area (Å²) in [6, 6.07) is 13.2. The van der Waals surface area contributed by atoms with Crippen molar-refractivity contribution in [2.75, 3.05) is 19.6 Å². The number of nitrogens with one attached hydrogen (secondary N) is 1. The van der Waals surface area contributed by atoms with Gasteiger partial charge in [0.15, 0.2) is 0 Å². The molecule has 0 aliphatic carbocycles. The Balaban J connectivity index is 1.42. The summed E-state index contributed by atoms with van der Waals surface area (Å²) in [4.78, 5) is 12.5. The largest absolute Gasteiger partial charge is 0.356 e. The van der Waals surface area contributed by atoms with E-state index in [2.05, 4.69) is 30.4 Å². The number of hydrogen-bond acceptors (Lipinski definition) is 3. The molecule has 1 aliphatic heterocycles. The summed E-state index contributed by atoms with van der Waals surface area (Å²) in [6.07, 6.45) is 2.87. The van der Waals surface area contributed by atoms with E-state index in [1.54, 1.807) is 18.2 Å². The zero-order valence-corrected chi connectivity index (χ0v) is 19.9. The van der Waals surface area contributed by atoms with Crippen molar-refractivity contribution in [3.8, 4) is 0 Å². The van der Waals surface area contributed by atoms with E-state index in [9.17, 15) is 13.2 Å². The van der Waals surface area contributed by atoms with Gasteiger partial charge in [-0.3, -0.25) is 4.79 Å². The van der Waals surface area contributed by atoms with Gasteiger partial charge >= 0.3 is 0 Å². The van der Waals surface area contributed by atoms with E-state index in [0.717, 1.165) is 12.8 Å². The van der Waals surface area contributed by atoms with Crippen LogP contribution in [0.5, 0.6) is 0 Å². The van der Waals surface area contributed by atoms with Crippen molar-refractivity contribution in [1.29, 1.82) is 0 Å². The van der Waals surface area contributed by atoms with Gasteiger partial charge in [-0.05, 0) is 55.9 Å². The SMILES string of the molecule is Cc1cccc(CCCNC(=O)C2CCN(S(=O)(=O)Cc3ccc(Cl)c(Cl)c3)CC2)c1. The van der Waals surface area contributed by atoms with Gasteiger partial charge in [-0.15, -0.1) is 0 Å². The minimum absolute atomic E-state index is 0.0192. The van der Waals surface area contributed by atoms with Crippen LogP contribution < -0.4 is 5.32 Å². The Morgan fingerprint density at radius 2 is 1.81 bits per heavy atom. The maximum atomic E-state index is 12.7. The highest BCUT2D eigenvalue weighted by atomic mass is 35.5. The van der Waals surface area contributed by atoms with Gasteiger partial charge in [0, 0.05) is 25.6 Å². The van der Waals surface area contributed by atoms with E-state index in [-0.39, 0.29) is 17.6 Å². The Kier molecular flexibility index (Phi) is 8.39. The molecule has 0 atom stereocenters. The summed E-state index contributed by atoms with van der Waals surface area (Å²) in [7, 11) is -3.47. The number of nitrogens with zero attached hydrogens (tertiary/aromatic N) is 1. The van der Waals surface area contributed by atoms with Crippen molar-refractivity contribution >= 4 is 39.1 Å². The standard InChI is InChI=1S/C23H28Cl2N2O3S/c1-17-4-2-5-18(14-17)6-3-11-26-23(28)20-9-12-27(13-10-20)31(29,30)16-19-7-8-21(24)22(25)15-19/h2,4-5,7-8,14-15,20H,3,6,9-13,16H2,1H3,(H,26,28). The number of aryl methyl sites for hydroxylation is 2. The van der Waals surface area contributed by atoms with Gasteiger partial charge in [-0.2, -0.15) is 0 Å². The number of amides is 1. The molecule has 1 amide bonds. The highest BCUT2D eigenvalue weighted by molar-refractivity contribution is 7.88. The third-order valence-corrected chi connectivity index (χ3v) is 8.16. The van der Waals surface area contributed by atoms with Crippen molar-refractivity contribution in [3.63, 3.8) is 0 Å². The van der Waals surface area contributed by atoms with E-state index in [1.807, 2.05) is 6.07 Å². The monoisotopic (exact) mass is 482 g/mol. The van der Waals surface area contributed by atoms with Gasteiger partial charge in [0.05, 0.1) is 15.8 Å². The Labute approximate surface area is 194 Å². The predicted molar refractivity (Wildman–Crippen MR) is 126 cm³/mol. The first kappa shape index (κ1) is 24.1. The molecule has 0 radical (unpaired) electrons. The fraction of sp³-hybridized carbons (Fsp3) is 0.435. The number of halogens is 2. The Hall–Kier alpha value is -1.60. The molecule has 31 heavy (non-hydrogen) atoms. The molecule has 0 unspecified atom stereocenters. The van der Waals surface area contributed by atoms with Gasteiger partial charge in [-0.1, -0.05) is 59.1 Å². The average Bonchev–Trinajstić information content (AvgIpc) is 2.74. The smallest absolute Gasteiger partial charge is 0.223 e. The fourth-order valence-corrected chi connectivity index (χ4v) is 5.71. The van der Waals surface area contributed by atoms with Crippen LogP contribution in [0.1, 0.15) is 36.0 Å². The third-order valence-electron chi connectivity index (χ3n) is 5.58. The van der Waals surface area contributed by atoms with E-state index < -0.39 is 10.0 Å². The summed E-state index contributed by atoms with van der Waals surface area (Å²) in [5.74, 6) is -0.249. The lowest BCUT2D eigenvalue weighted by molar-refractivity contribution is -0.126. The molecule has 2 aromatic carbocycles. The molecule has 8 heteroatoms. The summed E-state index contributed by atoms with van der Waals surface area (Å²) < 4.78 is 27.0. The van der Waals surface area contributed by atoms with Crippen molar-refractivity contribution in [3.05, 3.63) is 69.2 Å². The normalized spacial score (nSPS) is 15.7. The van der Waals surface area contributed by atoms with E-state index in [4.69, 9.17) is 23.2 Å². The number of hydrogen-bond donors (Lipinski definition) is 1. The van der Waals surface area contributed by atoms with Crippen molar-refractivity contribution in [2.45, 2.75) is 38.4 Å². The van der Waals surface area contributed by atoms with Crippen LogP contribution in [0.15, 0.2) is 42.5 Å². The number of carbonyl (C=O) groups excluding carboxylic acids is 1. The summed E-state index contributed by atoms with van der Waals surface area (Å²) in [6.45, 7) is 3.40. The van der Waals surface area contributed by atoms with Crippen LogP contribution in [0.4, 0.5) is 0 Å². The van der Waals surface area contributed by atoms with Crippen LogP contribution in [0.3, 0.4) is 0 Å². The molecule has 2 aromatic rings. The molecule has 1 fully saturated rings. The number of rotatable bonds is 8. The zero-order chi connectivity index (χ0) is 22.4. The molecule has 168 valence electrons. The lowest BCUT2D eigenvalue weighted by Gasteiger charge is -2.30. The topological polar surface area (TPSA) is 66.5 Å². The van der Waals surface area contributed by atoms with Crippen LogP contribution in [0, 0.1) is 12.8 Å². The minimum atomic E-state index is -3.47. The molecular formula is C23H28Cl2N2O3S. The summed E-state index contributed by atoms with van der Waals surface area (Å²) in [5.41, 5.74) is 3.11. The predicted octanol–water partition coefficient (Wildman–Crippen LogP) is 4.59. The van der Waals surface area contributed by atoms with E-state index >= 15 is 0 Å². The lowest BCUT2D eigenvalue weighted by Crippen LogP contribution is -2.43. The molecule has 0 bridgehead atoms. The molecule has 0 saturated carbocycles. The molecule has 1 N–H and O–H groups in total. The fourth-order valence-electron chi connectivity index (χ4n) is 3.84. The van der Waals surface area contributed by atoms with Crippen molar-refractivity contribution in [1.82, 2.24) is 9.62 Å². The van der Waals surface area contributed by atoms with Crippen molar-refractivity contribution < 1.29 is 13.2 Å². The number of benzene rings is 2. The van der Waals surface area contributed by atoms with Crippen molar-refractivity contribution in [2.24, 2.45) is 5.92 Å². The number of carbonyl (C=O) groups is 1. The second-order valence-electron chi connectivity index (χ2n) is 8.06. The maximum Gasteiger partial charge on any atom is 0.223 e. The molecule has 1 heterocycles. The molecule has 3 rings (SSSR count). The van der Waals surface area contributed by atoms with Crippen LogP contribution in [-0.4, -0.2) is 38.3 Å². The Bertz CT molecular complexity index is 1020. The molecule has 0 aromatic heterocycles.